The molecular weight excluding hydrogens is 422 g/mol. The quantitative estimate of drug-likeness (QED) is 0.417. The lowest BCUT2D eigenvalue weighted by Crippen LogP contribution is -2.14. The molecule has 0 bridgehead atoms. The first-order chi connectivity index (χ1) is 14.6. The lowest BCUT2D eigenvalue weighted by molar-refractivity contribution is -0.113. The van der Waals surface area contributed by atoms with Crippen molar-refractivity contribution in [3.05, 3.63) is 54.4 Å². The van der Waals surface area contributed by atoms with E-state index in [0.29, 0.717) is 21.9 Å². The van der Waals surface area contributed by atoms with Gasteiger partial charge in [-0.3, -0.25) is 4.79 Å². The number of amides is 1. The van der Waals surface area contributed by atoms with Crippen LogP contribution in [0.2, 0.25) is 0 Å². The van der Waals surface area contributed by atoms with Gasteiger partial charge in [-0.1, -0.05) is 35.2 Å². The second-order valence-corrected chi connectivity index (χ2v) is 8.22. The van der Waals surface area contributed by atoms with Gasteiger partial charge in [0, 0.05) is 7.05 Å². The molecule has 0 spiro atoms. The number of hydrogen-bond acceptors (Lipinski definition) is 8. The van der Waals surface area contributed by atoms with Crippen LogP contribution in [0.1, 0.15) is 5.82 Å². The highest BCUT2D eigenvalue weighted by Crippen LogP contribution is 2.26. The van der Waals surface area contributed by atoms with Crippen molar-refractivity contribution in [3.8, 4) is 11.5 Å². The van der Waals surface area contributed by atoms with E-state index < -0.39 is 0 Å². The number of hydrogen-bond donors (Lipinski definition) is 1. The van der Waals surface area contributed by atoms with Gasteiger partial charge < -0.3 is 19.4 Å². The van der Waals surface area contributed by atoms with Crippen molar-refractivity contribution in [1.29, 1.82) is 0 Å². The third-order valence-corrected chi connectivity index (χ3v) is 6.20. The number of aromatic nitrogens is 4. The number of carbonyl (C=O) groups excluding carboxylic acids is 1. The topological polar surface area (TPSA) is 91.2 Å². The molecule has 0 unspecified atom stereocenters. The molecule has 10 heteroatoms. The van der Waals surface area contributed by atoms with Crippen LogP contribution < -0.4 is 14.8 Å². The van der Waals surface area contributed by atoms with Gasteiger partial charge in [-0.25, -0.2) is 4.98 Å². The largest absolute Gasteiger partial charge is 0.497 e. The van der Waals surface area contributed by atoms with E-state index in [1.807, 2.05) is 60.1 Å². The fraction of sp³-hybridized carbons (Fsp3) is 0.200. The molecule has 2 heterocycles. The summed E-state index contributed by atoms with van der Waals surface area (Å²) in [5.41, 5.74) is 0.875. The van der Waals surface area contributed by atoms with Crippen LogP contribution in [0.3, 0.4) is 0 Å². The summed E-state index contributed by atoms with van der Waals surface area (Å²) in [6, 6.07) is 15.1. The molecule has 0 fully saturated rings. The predicted molar refractivity (Wildman–Crippen MR) is 117 cm³/mol. The third kappa shape index (κ3) is 4.71. The van der Waals surface area contributed by atoms with Gasteiger partial charge in [-0.05, 0) is 36.4 Å². The fourth-order valence-electron chi connectivity index (χ4n) is 2.63. The molecule has 4 aromatic rings. The maximum Gasteiger partial charge on any atom is 0.236 e. The minimum atomic E-state index is -0.141. The van der Waals surface area contributed by atoms with E-state index in [2.05, 4.69) is 20.5 Å². The summed E-state index contributed by atoms with van der Waals surface area (Å²) in [6.07, 6.45) is 0. The van der Waals surface area contributed by atoms with Crippen LogP contribution in [-0.4, -0.2) is 38.5 Å². The van der Waals surface area contributed by atoms with Crippen LogP contribution in [0.4, 0.5) is 5.13 Å². The van der Waals surface area contributed by atoms with Crippen LogP contribution in [0.25, 0.3) is 10.2 Å². The SMILES string of the molecule is COc1ccc(OCc2nnc(SCC(=O)Nc3nc4ccccc4s3)n2C)cc1. The number of benzene rings is 2. The summed E-state index contributed by atoms with van der Waals surface area (Å²) >= 11 is 2.76. The highest BCUT2D eigenvalue weighted by Gasteiger charge is 2.13. The van der Waals surface area contributed by atoms with Gasteiger partial charge in [0.25, 0.3) is 0 Å². The van der Waals surface area contributed by atoms with E-state index in [1.165, 1.54) is 23.1 Å². The minimum Gasteiger partial charge on any atom is -0.497 e. The number of ether oxygens (including phenoxy) is 2. The number of anilines is 1. The molecule has 4 rings (SSSR count). The van der Waals surface area contributed by atoms with Crippen LogP contribution in [-0.2, 0) is 18.4 Å². The van der Waals surface area contributed by atoms with Crippen LogP contribution >= 0.6 is 23.1 Å². The predicted octanol–water partition coefficient (Wildman–Crippen LogP) is 3.74. The van der Waals surface area contributed by atoms with Gasteiger partial charge in [-0.15, -0.1) is 10.2 Å². The standard InChI is InChI=1S/C20H19N5O3S2/c1-25-17(11-28-14-9-7-13(27-2)8-10-14)23-24-20(25)29-12-18(26)22-19-21-15-5-3-4-6-16(15)30-19/h3-10H,11-12H2,1-2H3,(H,21,22,26). The molecule has 8 nitrogen and oxygen atoms in total. The Hall–Kier alpha value is -3.11. The van der Waals surface area contributed by atoms with Gasteiger partial charge in [0.05, 0.1) is 23.1 Å². The number of fused-ring (bicyclic) bond motifs is 1. The van der Waals surface area contributed by atoms with Crippen LogP contribution in [0, 0.1) is 0 Å². The lowest BCUT2D eigenvalue weighted by Gasteiger charge is -2.07. The van der Waals surface area contributed by atoms with E-state index in [-0.39, 0.29) is 18.3 Å². The minimum absolute atomic E-state index is 0.141. The van der Waals surface area contributed by atoms with Crippen molar-refractivity contribution in [2.24, 2.45) is 7.05 Å². The maximum absolute atomic E-state index is 12.3. The number of nitrogens with one attached hydrogen (secondary N) is 1. The number of para-hydroxylation sites is 1. The summed E-state index contributed by atoms with van der Waals surface area (Å²) in [6.45, 7) is 0.272. The molecule has 0 saturated carbocycles. The van der Waals surface area contributed by atoms with Crippen molar-refractivity contribution >= 4 is 44.4 Å². The molecule has 0 aliphatic rings. The second kappa shape index (κ2) is 9.14. The number of methoxy groups -OCH3 is 1. The van der Waals surface area contributed by atoms with E-state index in [0.717, 1.165) is 16.0 Å². The first kappa shape index (κ1) is 20.2. The van der Waals surface area contributed by atoms with Crippen LogP contribution in [0.15, 0.2) is 53.7 Å². The molecule has 0 aliphatic heterocycles. The molecule has 1 N–H and O–H groups in total. The third-order valence-electron chi connectivity index (χ3n) is 4.23. The Kier molecular flexibility index (Phi) is 6.15. The Balaban J connectivity index is 1.30. The van der Waals surface area contributed by atoms with Crippen LogP contribution in [0.5, 0.6) is 11.5 Å². The highest BCUT2D eigenvalue weighted by molar-refractivity contribution is 7.99. The zero-order chi connectivity index (χ0) is 20.9. The Morgan fingerprint density at radius 2 is 1.90 bits per heavy atom. The number of rotatable bonds is 8. The van der Waals surface area contributed by atoms with Crippen molar-refractivity contribution < 1.29 is 14.3 Å². The number of thioether (sulfide) groups is 1. The fourth-order valence-corrected chi connectivity index (χ4v) is 4.24. The normalized spacial score (nSPS) is 10.9. The van der Waals surface area contributed by atoms with Gasteiger partial charge >= 0.3 is 0 Å². The monoisotopic (exact) mass is 441 g/mol. The van der Waals surface area contributed by atoms with Crippen molar-refractivity contribution in [2.75, 3.05) is 18.2 Å². The number of nitrogens with zero attached hydrogens (tertiary/aromatic N) is 4. The maximum atomic E-state index is 12.3. The molecule has 1 amide bonds. The lowest BCUT2D eigenvalue weighted by atomic mass is 10.3. The molecule has 2 aromatic heterocycles. The summed E-state index contributed by atoms with van der Waals surface area (Å²) < 4.78 is 13.7. The second-order valence-electron chi connectivity index (χ2n) is 6.25. The molecule has 0 atom stereocenters. The zero-order valence-corrected chi connectivity index (χ0v) is 18.0. The van der Waals surface area contributed by atoms with E-state index >= 15 is 0 Å². The van der Waals surface area contributed by atoms with Gasteiger partial charge in [-0.2, -0.15) is 0 Å². The first-order valence-electron chi connectivity index (χ1n) is 9.06. The molecule has 0 aliphatic carbocycles. The molecule has 0 saturated heterocycles. The van der Waals surface area contributed by atoms with E-state index in [1.54, 1.807) is 7.11 Å². The van der Waals surface area contributed by atoms with Crippen molar-refractivity contribution in [1.82, 2.24) is 19.7 Å². The first-order valence-corrected chi connectivity index (χ1v) is 10.9. The Labute approximate surface area is 181 Å². The van der Waals surface area contributed by atoms with E-state index in [9.17, 15) is 4.79 Å². The van der Waals surface area contributed by atoms with Crippen molar-refractivity contribution in [2.45, 2.75) is 11.8 Å². The average molecular weight is 442 g/mol. The molecule has 2 aromatic carbocycles. The molecular formula is C20H19N5O3S2. The highest BCUT2D eigenvalue weighted by atomic mass is 32.2. The summed E-state index contributed by atoms with van der Waals surface area (Å²) in [4.78, 5) is 16.7. The number of carbonyl (C=O) groups is 1. The summed E-state index contributed by atoms with van der Waals surface area (Å²) in [5, 5.41) is 12.4. The van der Waals surface area contributed by atoms with E-state index in [4.69, 9.17) is 9.47 Å². The Morgan fingerprint density at radius 3 is 2.67 bits per heavy atom. The summed E-state index contributed by atoms with van der Waals surface area (Å²) in [7, 11) is 3.47. The van der Waals surface area contributed by atoms with Gasteiger partial charge in [0.1, 0.15) is 18.1 Å². The van der Waals surface area contributed by atoms with Crippen molar-refractivity contribution in [3.63, 3.8) is 0 Å². The smallest absolute Gasteiger partial charge is 0.236 e. The Bertz CT molecular complexity index is 1120. The molecule has 154 valence electrons. The number of thiazole rings is 1. The van der Waals surface area contributed by atoms with Gasteiger partial charge in [0.15, 0.2) is 16.1 Å². The Morgan fingerprint density at radius 1 is 1.13 bits per heavy atom. The zero-order valence-electron chi connectivity index (χ0n) is 16.4. The molecule has 0 radical (unpaired) electrons. The van der Waals surface area contributed by atoms with Gasteiger partial charge in [0.2, 0.25) is 5.91 Å². The average Bonchev–Trinajstić information content (AvgIpc) is 3.33. The summed E-state index contributed by atoms with van der Waals surface area (Å²) in [5.74, 6) is 2.21. The molecule has 30 heavy (non-hydrogen) atoms.